The molecule has 2 aliphatic heterocycles. The summed E-state index contributed by atoms with van der Waals surface area (Å²) in [6, 6.07) is 3.47. The van der Waals surface area contributed by atoms with E-state index in [4.69, 9.17) is 11.6 Å². The van der Waals surface area contributed by atoms with Gasteiger partial charge in [0, 0.05) is 31.0 Å². The lowest BCUT2D eigenvalue weighted by molar-refractivity contribution is 0.166. The Balaban J connectivity index is 1.53. The maximum Gasteiger partial charge on any atom is 0.0634 e. The second-order valence-corrected chi connectivity index (χ2v) is 5.81. The first-order chi connectivity index (χ1) is 8.83. The monoisotopic (exact) mass is 265 g/mol. The Kier molecular flexibility index (Phi) is 3.83. The number of hydrogen-bond donors (Lipinski definition) is 1. The molecule has 18 heavy (non-hydrogen) atoms. The highest BCUT2D eigenvalue weighted by Crippen LogP contribution is 2.27. The van der Waals surface area contributed by atoms with E-state index in [0.717, 1.165) is 23.2 Å². The Morgan fingerprint density at radius 1 is 1.39 bits per heavy atom. The Labute approximate surface area is 114 Å². The van der Waals surface area contributed by atoms with E-state index < -0.39 is 0 Å². The van der Waals surface area contributed by atoms with Crippen molar-refractivity contribution in [1.82, 2.24) is 15.2 Å². The molecule has 2 aliphatic rings. The smallest absolute Gasteiger partial charge is 0.0634 e. The molecule has 98 valence electrons. The van der Waals surface area contributed by atoms with Gasteiger partial charge in [0.1, 0.15) is 0 Å². The summed E-state index contributed by atoms with van der Waals surface area (Å²) in [5, 5.41) is 4.42. The molecule has 0 amide bonds. The van der Waals surface area contributed by atoms with Crippen LogP contribution in [0, 0.1) is 0 Å². The Hall–Kier alpha value is -0.640. The van der Waals surface area contributed by atoms with E-state index in [1.54, 1.807) is 6.20 Å². The van der Waals surface area contributed by atoms with Crippen LogP contribution in [-0.2, 0) is 6.54 Å². The van der Waals surface area contributed by atoms with Gasteiger partial charge in [-0.25, -0.2) is 0 Å². The quantitative estimate of drug-likeness (QED) is 0.910. The molecule has 3 nitrogen and oxygen atoms in total. The predicted molar refractivity (Wildman–Crippen MR) is 73.7 cm³/mol. The summed E-state index contributed by atoms with van der Waals surface area (Å²) in [6.07, 6.45) is 8.85. The summed E-state index contributed by atoms with van der Waals surface area (Å²) in [4.78, 5) is 6.67. The molecule has 0 radical (unpaired) electrons. The van der Waals surface area contributed by atoms with Crippen molar-refractivity contribution >= 4 is 11.6 Å². The van der Waals surface area contributed by atoms with E-state index in [0.29, 0.717) is 6.04 Å². The lowest BCUT2D eigenvalue weighted by Gasteiger charge is -2.35. The number of nitrogens with one attached hydrogen (secondary N) is 1. The highest BCUT2D eigenvalue weighted by Gasteiger charge is 2.31. The highest BCUT2D eigenvalue weighted by molar-refractivity contribution is 6.31. The van der Waals surface area contributed by atoms with Gasteiger partial charge in [0.15, 0.2) is 0 Å². The number of fused-ring (bicyclic) bond motifs is 1. The van der Waals surface area contributed by atoms with Crippen molar-refractivity contribution < 1.29 is 0 Å². The van der Waals surface area contributed by atoms with E-state index >= 15 is 0 Å². The van der Waals surface area contributed by atoms with Crippen LogP contribution in [0.3, 0.4) is 0 Å². The van der Waals surface area contributed by atoms with Gasteiger partial charge in [0.2, 0.25) is 0 Å². The van der Waals surface area contributed by atoms with E-state index in [1.165, 1.54) is 38.8 Å². The van der Waals surface area contributed by atoms with E-state index in [-0.39, 0.29) is 0 Å². The number of pyridine rings is 1. The third-order valence-corrected chi connectivity index (χ3v) is 4.60. The zero-order valence-electron chi connectivity index (χ0n) is 10.6. The van der Waals surface area contributed by atoms with Crippen molar-refractivity contribution in [1.29, 1.82) is 0 Å². The first kappa shape index (κ1) is 12.4. The average molecular weight is 266 g/mol. The van der Waals surface area contributed by atoms with Gasteiger partial charge in [0.05, 0.1) is 5.02 Å². The molecule has 0 bridgehead atoms. The largest absolute Gasteiger partial charge is 0.310 e. The molecular formula is C14H20ClN3. The van der Waals surface area contributed by atoms with Gasteiger partial charge in [-0.3, -0.25) is 4.98 Å². The fourth-order valence-electron chi connectivity index (χ4n) is 3.21. The standard InChI is InChI=1S/C14H20ClN3/c15-14-10-16-5-3-11(14)9-17-12-4-7-18-6-1-2-13(18)8-12/h3,5,10,12-13,17H,1-2,4,6-9H2. The lowest BCUT2D eigenvalue weighted by atomic mass is 9.97. The van der Waals surface area contributed by atoms with Gasteiger partial charge in [0.25, 0.3) is 0 Å². The average Bonchev–Trinajstić information content (AvgIpc) is 2.85. The van der Waals surface area contributed by atoms with Gasteiger partial charge in [-0.1, -0.05) is 11.6 Å². The van der Waals surface area contributed by atoms with Crippen LogP contribution < -0.4 is 5.32 Å². The Morgan fingerprint density at radius 3 is 3.22 bits per heavy atom. The van der Waals surface area contributed by atoms with Gasteiger partial charge in [-0.2, -0.15) is 0 Å². The number of nitrogens with zero attached hydrogens (tertiary/aromatic N) is 2. The highest BCUT2D eigenvalue weighted by atomic mass is 35.5. The van der Waals surface area contributed by atoms with Crippen LogP contribution in [0.1, 0.15) is 31.2 Å². The topological polar surface area (TPSA) is 28.2 Å². The number of halogens is 1. The molecule has 1 aromatic rings. The second-order valence-electron chi connectivity index (χ2n) is 5.40. The first-order valence-electron chi connectivity index (χ1n) is 6.89. The fourth-order valence-corrected chi connectivity index (χ4v) is 3.40. The van der Waals surface area contributed by atoms with Crippen LogP contribution >= 0.6 is 11.6 Å². The first-order valence-corrected chi connectivity index (χ1v) is 7.26. The summed E-state index contributed by atoms with van der Waals surface area (Å²) in [5.41, 5.74) is 1.15. The SMILES string of the molecule is Clc1cnccc1CNC1CCN2CCCC2C1. The molecule has 2 unspecified atom stereocenters. The molecule has 1 N–H and O–H groups in total. The van der Waals surface area contributed by atoms with Crippen LogP contribution in [0.15, 0.2) is 18.5 Å². The molecule has 0 aromatic carbocycles. The van der Waals surface area contributed by atoms with E-state index in [1.807, 2.05) is 12.3 Å². The normalized spacial score (nSPS) is 28.3. The Bertz CT molecular complexity index is 410. The number of rotatable bonds is 3. The summed E-state index contributed by atoms with van der Waals surface area (Å²) in [5.74, 6) is 0. The van der Waals surface area contributed by atoms with Crippen LogP contribution in [0.25, 0.3) is 0 Å². The molecule has 1 aromatic heterocycles. The van der Waals surface area contributed by atoms with E-state index in [9.17, 15) is 0 Å². The summed E-state index contributed by atoms with van der Waals surface area (Å²) in [7, 11) is 0. The van der Waals surface area contributed by atoms with Crippen LogP contribution in [0.4, 0.5) is 0 Å². The maximum atomic E-state index is 6.12. The van der Waals surface area contributed by atoms with Gasteiger partial charge < -0.3 is 10.2 Å². The lowest BCUT2D eigenvalue weighted by Crippen LogP contribution is -2.45. The third kappa shape index (κ3) is 2.68. The minimum atomic E-state index is 0.647. The molecule has 3 rings (SSSR count). The van der Waals surface area contributed by atoms with Crippen LogP contribution in [-0.4, -0.2) is 35.1 Å². The van der Waals surface area contributed by atoms with Crippen molar-refractivity contribution in [3.63, 3.8) is 0 Å². The molecule has 0 aliphatic carbocycles. The number of aromatic nitrogens is 1. The minimum absolute atomic E-state index is 0.647. The van der Waals surface area contributed by atoms with Gasteiger partial charge >= 0.3 is 0 Å². The molecule has 0 saturated carbocycles. The summed E-state index contributed by atoms with van der Waals surface area (Å²) >= 11 is 6.12. The van der Waals surface area contributed by atoms with E-state index in [2.05, 4.69) is 15.2 Å². The Morgan fingerprint density at radius 2 is 2.33 bits per heavy atom. The second kappa shape index (κ2) is 5.55. The van der Waals surface area contributed by atoms with Crippen LogP contribution in [0.5, 0.6) is 0 Å². The molecular weight excluding hydrogens is 246 g/mol. The maximum absolute atomic E-state index is 6.12. The van der Waals surface area contributed by atoms with Crippen molar-refractivity contribution in [3.05, 3.63) is 29.0 Å². The zero-order valence-corrected chi connectivity index (χ0v) is 11.4. The van der Waals surface area contributed by atoms with Gasteiger partial charge in [-0.15, -0.1) is 0 Å². The van der Waals surface area contributed by atoms with Crippen molar-refractivity contribution in [2.24, 2.45) is 0 Å². The zero-order chi connectivity index (χ0) is 12.4. The number of hydrogen-bond acceptors (Lipinski definition) is 3. The van der Waals surface area contributed by atoms with Gasteiger partial charge in [-0.05, 0) is 50.4 Å². The number of piperidine rings is 1. The molecule has 2 fully saturated rings. The fraction of sp³-hybridized carbons (Fsp3) is 0.643. The molecule has 2 atom stereocenters. The van der Waals surface area contributed by atoms with Crippen molar-refractivity contribution in [2.75, 3.05) is 13.1 Å². The summed E-state index contributed by atoms with van der Waals surface area (Å²) < 4.78 is 0. The molecule has 2 saturated heterocycles. The minimum Gasteiger partial charge on any atom is -0.310 e. The van der Waals surface area contributed by atoms with Crippen molar-refractivity contribution in [3.8, 4) is 0 Å². The molecule has 4 heteroatoms. The summed E-state index contributed by atoms with van der Waals surface area (Å²) in [6.45, 7) is 3.43. The molecule has 3 heterocycles. The molecule has 0 spiro atoms. The van der Waals surface area contributed by atoms with Crippen molar-refractivity contribution in [2.45, 2.75) is 44.3 Å². The predicted octanol–water partition coefficient (Wildman–Crippen LogP) is 2.45. The third-order valence-electron chi connectivity index (χ3n) is 4.26. The van der Waals surface area contributed by atoms with Crippen LogP contribution in [0.2, 0.25) is 5.02 Å².